The second-order valence-electron chi connectivity index (χ2n) is 12.7. The third-order valence-electron chi connectivity index (χ3n) is 8.62. The van der Waals surface area contributed by atoms with Crippen molar-refractivity contribution >= 4 is 11.8 Å². The molecular weight excluding hydrogens is 532 g/mol. The molecule has 1 amide bonds. The van der Waals surface area contributed by atoms with Gasteiger partial charge in [0.1, 0.15) is 24.4 Å². The average Bonchev–Trinajstić information content (AvgIpc) is 3.29. The van der Waals surface area contributed by atoms with Gasteiger partial charge >= 0.3 is 6.09 Å². The molecule has 3 heterocycles. The van der Waals surface area contributed by atoms with E-state index in [1.54, 1.807) is 0 Å². The highest BCUT2D eigenvalue weighted by Crippen LogP contribution is 2.40. The van der Waals surface area contributed by atoms with Gasteiger partial charge in [0.05, 0.1) is 0 Å². The van der Waals surface area contributed by atoms with Crippen molar-refractivity contribution in [1.82, 2.24) is 4.90 Å². The number of hydrogen-bond donors (Lipinski definition) is 1. The minimum Gasteiger partial charge on any atom is -0.442 e. The molecule has 0 aliphatic carbocycles. The molecule has 0 radical (unpaired) electrons. The third-order valence-corrected chi connectivity index (χ3v) is 8.62. The Morgan fingerprint density at radius 2 is 1.57 bits per heavy atom. The van der Waals surface area contributed by atoms with E-state index in [-0.39, 0.29) is 12.2 Å². The van der Waals surface area contributed by atoms with Crippen molar-refractivity contribution in [1.29, 1.82) is 0 Å². The summed E-state index contributed by atoms with van der Waals surface area (Å²) < 4.78 is 31.5. The van der Waals surface area contributed by atoms with Crippen LogP contribution in [0.25, 0.3) is 0 Å². The van der Waals surface area contributed by atoms with Gasteiger partial charge in [-0.25, -0.2) is 4.79 Å². The van der Waals surface area contributed by atoms with Gasteiger partial charge < -0.3 is 23.7 Å². The predicted octanol–water partition coefficient (Wildman–Crippen LogP) is 7.66. The maximum absolute atomic E-state index is 13.1. The molecule has 0 spiro atoms. The molecular formula is C34H56N2O6. The van der Waals surface area contributed by atoms with Crippen LogP contribution < -0.4 is 5.32 Å². The zero-order valence-corrected chi connectivity index (χ0v) is 26.4. The zero-order valence-electron chi connectivity index (χ0n) is 26.4. The van der Waals surface area contributed by atoms with E-state index < -0.39 is 30.4 Å². The van der Waals surface area contributed by atoms with Gasteiger partial charge in [0, 0.05) is 18.8 Å². The highest BCUT2D eigenvalue weighted by molar-refractivity contribution is 5.84. The van der Waals surface area contributed by atoms with Gasteiger partial charge in [-0.05, 0) is 58.3 Å². The second-order valence-corrected chi connectivity index (χ2v) is 12.7. The topological polar surface area (TPSA) is 78.5 Å². The Balaban J connectivity index is 1.35. The summed E-state index contributed by atoms with van der Waals surface area (Å²) in [5, 5.41) is 2.88. The molecule has 5 atom stereocenters. The molecule has 3 fully saturated rings. The summed E-state index contributed by atoms with van der Waals surface area (Å²) in [7, 11) is 0. The van der Waals surface area contributed by atoms with Crippen LogP contribution in [-0.4, -0.2) is 73.7 Å². The summed E-state index contributed by atoms with van der Waals surface area (Å²) in [4.78, 5) is 15.5. The number of ether oxygens (including phenoxy) is 5. The number of para-hydroxylation sites is 1. The molecule has 0 saturated carbocycles. The number of fused-ring (bicyclic) bond motifs is 1. The predicted molar refractivity (Wildman–Crippen MR) is 166 cm³/mol. The van der Waals surface area contributed by atoms with E-state index in [2.05, 4.69) is 17.1 Å². The van der Waals surface area contributed by atoms with Gasteiger partial charge in [0.2, 0.25) is 0 Å². The minimum absolute atomic E-state index is 0.361. The summed E-state index contributed by atoms with van der Waals surface area (Å²) in [6.07, 6.45) is 14.7. The number of hydrogen-bond acceptors (Lipinski definition) is 7. The number of anilines is 1. The average molecular weight is 589 g/mol. The van der Waals surface area contributed by atoms with E-state index in [1.807, 2.05) is 44.2 Å². The molecule has 0 bridgehead atoms. The summed E-state index contributed by atoms with van der Waals surface area (Å²) in [6.45, 7) is 9.27. The summed E-state index contributed by atoms with van der Waals surface area (Å²) >= 11 is 0. The number of carbonyl (C=O) groups excluding carboxylic acids is 1. The smallest absolute Gasteiger partial charge is 0.412 e. The van der Waals surface area contributed by atoms with Crippen LogP contribution in [0.3, 0.4) is 0 Å². The molecule has 0 aromatic heterocycles. The van der Waals surface area contributed by atoms with E-state index in [0.29, 0.717) is 18.8 Å². The third kappa shape index (κ3) is 10.8. The van der Waals surface area contributed by atoms with Crippen LogP contribution in [0.4, 0.5) is 10.5 Å². The van der Waals surface area contributed by atoms with Crippen LogP contribution >= 0.6 is 0 Å². The molecule has 3 aliphatic heterocycles. The van der Waals surface area contributed by atoms with Crippen LogP contribution in [0, 0.1) is 0 Å². The Kier molecular flexibility index (Phi) is 13.9. The Labute approximate surface area is 254 Å². The Morgan fingerprint density at radius 1 is 0.929 bits per heavy atom. The van der Waals surface area contributed by atoms with Crippen molar-refractivity contribution in [3.63, 3.8) is 0 Å². The monoisotopic (exact) mass is 588 g/mol. The second kappa shape index (κ2) is 17.6. The zero-order chi connectivity index (χ0) is 29.6. The van der Waals surface area contributed by atoms with Crippen molar-refractivity contribution in [3.05, 3.63) is 30.3 Å². The molecule has 3 saturated heterocycles. The highest BCUT2D eigenvalue weighted by atomic mass is 16.8. The van der Waals surface area contributed by atoms with Gasteiger partial charge in [-0.1, -0.05) is 95.8 Å². The largest absolute Gasteiger partial charge is 0.442 e. The molecule has 8 nitrogen and oxygen atoms in total. The number of amides is 1. The van der Waals surface area contributed by atoms with Gasteiger partial charge in [-0.15, -0.1) is 0 Å². The van der Waals surface area contributed by atoms with Gasteiger partial charge in [0.25, 0.3) is 0 Å². The first-order chi connectivity index (χ1) is 20.4. The molecule has 1 aromatic carbocycles. The molecule has 8 heteroatoms. The number of unbranched alkanes of at least 4 members (excludes halogenated alkanes) is 9. The van der Waals surface area contributed by atoms with E-state index >= 15 is 0 Å². The molecule has 1 aromatic rings. The molecule has 0 unspecified atom stereocenters. The van der Waals surface area contributed by atoms with Crippen molar-refractivity contribution < 1.29 is 28.5 Å². The lowest BCUT2D eigenvalue weighted by Crippen LogP contribution is -2.50. The summed E-state index contributed by atoms with van der Waals surface area (Å²) in [5.74, 6) is -0.745. The lowest BCUT2D eigenvalue weighted by Gasteiger charge is -2.33. The Morgan fingerprint density at radius 3 is 2.24 bits per heavy atom. The molecule has 238 valence electrons. The standard InChI is InChI=1S/C34H56N2O6/c1-4-5-6-7-8-9-10-11-14-20-25-38-30-29(40-32-31(30)41-34(2,3)42-32)28(26-36-23-18-12-13-19-24-36)39-33(37)35-27-21-16-15-17-22-27/h15-17,21-22,28-32H,4-14,18-20,23-26H2,1-3H3,(H,35,37)/t28-,29-,30+,31-,32-/m1/s1. The van der Waals surface area contributed by atoms with Gasteiger partial charge in [-0.3, -0.25) is 10.2 Å². The lowest BCUT2D eigenvalue weighted by molar-refractivity contribution is -0.230. The van der Waals surface area contributed by atoms with Crippen molar-refractivity contribution in [2.24, 2.45) is 0 Å². The fourth-order valence-electron chi connectivity index (χ4n) is 6.39. The van der Waals surface area contributed by atoms with Crippen LogP contribution in [0.15, 0.2) is 30.3 Å². The number of rotatable bonds is 17. The fraction of sp³-hybridized carbons (Fsp3) is 0.794. The molecule has 3 aliphatic rings. The lowest BCUT2D eigenvalue weighted by atomic mass is 10.0. The number of carbonyl (C=O) groups is 1. The normalized spacial score (nSPS) is 26.5. The van der Waals surface area contributed by atoms with E-state index in [1.165, 1.54) is 64.2 Å². The SMILES string of the molecule is CCCCCCCCCCCCO[C@@H]1[C@H]2OC(C)(C)O[C@H]2O[C@@H]1[C@@H](CN1CCCCCC1)OC(=O)Nc1ccccc1. The van der Waals surface area contributed by atoms with E-state index in [0.717, 1.165) is 38.8 Å². The van der Waals surface area contributed by atoms with Gasteiger partial charge in [-0.2, -0.15) is 0 Å². The van der Waals surface area contributed by atoms with Crippen molar-refractivity contribution in [3.8, 4) is 0 Å². The molecule has 1 N–H and O–H groups in total. The first-order valence-electron chi connectivity index (χ1n) is 16.8. The minimum atomic E-state index is -0.745. The summed E-state index contributed by atoms with van der Waals surface area (Å²) in [5.41, 5.74) is 0.697. The number of nitrogens with one attached hydrogen (secondary N) is 1. The first-order valence-corrected chi connectivity index (χ1v) is 16.8. The van der Waals surface area contributed by atoms with Gasteiger partial charge in [0.15, 0.2) is 12.1 Å². The van der Waals surface area contributed by atoms with Crippen molar-refractivity contribution in [2.75, 3.05) is 31.6 Å². The van der Waals surface area contributed by atoms with Crippen LogP contribution in [-0.2, 0) is 23.7 Å². The molecule has 42 heavy (non-hydrogen) atoms. The quantitative estimate of drug-likeness (QED) is 0.187. The number of nitrogens with zero attached hydrogens (tertiary/aromatic N) is 1. The van der Waals surface area contributed by atoms with Crippen LogP contribution in [0.5, 0.6) is 0 Å². The number of likely N-dealkylation sites (tertiary alicyclic amines) is 1. The van der Waals surface area contributed by atoms with Crippen LogP contribution in [0.2, 0.25) is 0 Å². The maximum atomic E-state index is 13.1. The first kappa shape index (κ1) is 33.2. The van der Waals surface area contributed by atoms with E-state index in [9.17, 15) is 4.79 Å². The number of benzene rings is 1. The Hall–Kier alpha value is -1.71. The maximum Gasteiger partial charge on any atom is 0.412 e. The van der Waals surface area contributed by atoms with Crippen molar-refractivity contribution in [2.45, 2.75) is 147 Å². The molecule has 4 rings (SSSR count). The summed E-state index contributed by atoms with van der Waals surface area (Å²) in [6, 6.07) is 9.40. The highest BCUT2D eigenvalue weighted by Gasteiger charge is 2.58. The fourth-order valence-corrected chi connectivity index (χ4v) is 6.39. The van der Waals surface area contributed by atoms with E-state index in [4.69, 9.17) is 23.7 Å². The Bertz CT molecular complexity index is 891. The van der Waals surface area contributed by atoms with Crippen LogP contribution in [0.1, 0.15) is 111 Å².